The lowest BCUT2D eigenvalue weighted by Gasteiger charge is -2.24. The summed E-state index contributed by atoms with van der Waals surface area (Å²) in [7, 11) is 0. The van der Waals surface area contributed by atoms with Crippen molar-refractivity contribution in [2.45, 2.75) is 51.2 Å². The summed E-state index contributed by atoms with van der Waals surface area (Å²) < 4.78 is 6.76. The van der Waals surface area contributed by atoms with Gasteiger partial charge >= 0.3 is 0 Å². The molecule has 1 fully saturated rings. The molecule has 0 unspecified atom stereocenters. The summed E-state index contributed by atoms with van der Waals surface area (Å²) in [5, 5.41) is 9.96. The molecular formula is C15H19BrO3. The van der Waals surface area contributed by atoms with E-state index in [1.54, 1.807) is 13.8 Å². The first-order valence-electron chi connectivity index (χ1n) is 6.57. The first-order chi connectivity index (χ1) is 8.86. The van der Waals surface area contributed by atoms with Crippen molar-refractivity contribution in [2.75, 3.05) is 0 Å². The Balaban J connectivity index is 2.07. The molecule has 0 aromatic heterocycles. The number of ether oxygens (including phenoxy) is 1. The van der Waals surface area contributed by atoms with Gasteiger partial charge in [-0.3, -0.25) is 4.79 Å². The molecular weight excluding hydrogens is 308 g/mol. The Morgan fingerprint density at radius 1 is 1.32 bits per heavy atom. The van der Waals surface area contributed by atoms with Gasteiger partial charge in [0.2, 0.25) is 0 Å². The third-order valence-corrected chi connectivity index (χ3v) is 4.04. The van der Waals surface area contributed by atoms with Gasteiger partial charge in [0.15, 0.2) is 0 Å². The van der Waals surface area contributed by atoms with Crippen molar-refractivity contribution in [3.05, 3.63) is 28.2 Å². The average molecular weight is 327 g/mol. The third-order valence-electron chi connectivity index (χ3n) is 3.42. The van der Waals surface area contributed by atoms with E-state index in [0.717, 1.165) is 28.6 Å². The molecule has 2 rings (SSSR count). The number of carbonyl (C=O) groups is 1. The maximum atomic E-state index is 11.2. The van der Waals surface area contributed by atoms with E-state index in [2.05, 4.69) is 15.9 Å². The molecule has 0 spiro atoms. The largest absolute Gasteiger partial charge is 0.489 e. The van der Waals surface area contributed by atoms with E-state index in [9.17, 15) is 9.90 Å². The molecule has 1 aliphatic carbocycles. The molecule has 1 aliphatic rings. The Bertz CT molecular complexity index is 467. The molecule has 1 N–H and O–H groups in total. The Kier molecular flexibility index (Phi) is 4.31. The van der Waals surface area contributed by atoms with Gasteiger partial charge in [-0.2, -0.15) is 0 Å². The Hall–Kier alpha value is -0.870. The predicted octanol–water partition coefficient (Wildman–Crippen LogP) is 3.57. The minimum absolute atomic E-state index is 0.113. The highest BCUT2D eigenvalue weighted by Gasteiger charge is 2.22. The molecule has 0 atom stereocenters. The van der Waals surface area contributed by atoms with E-state index in [1.807, 2.05) is 18.2 Å². The van der Waals surface area contributed by atoms with E-state index in [1.165, 1.54) is 0 Å². The van der Waals surface area contributed by atoms with Crippen LogP contribution in [0.5, 0.6) is 5.75 Å². The van der Waals surface area contributed by atoms with Gasteiger partial charge in [-0.05, 0) is 60.3 Å². The summed E-state index contributed by atoms with van der Waals surface area (Å²) in [5.41, 5.74) is -0.0243. The molecule has 0 amide bonds. The van der Waals surface area contributed by atoms with E-state index in [0.29, 0.717) is 18.6 Å². The first-order valence-corrected chi connectivity index (χ1v) is 7.36. The fourth-order valence-corrected chi connectivity index (χ4v) is 2.66. The second-order valence-corrected chi connectivity index (χ2v) is 6.41. The van der Waals surface area contributed by atoms with Gasteiger partial charge in [-0.1, -0.05) is 6.07 Å². The van der Waals surface area contributed by atoms with E-state index < -0.39 is 5.60 Å². The maximum absolute atomic E-state index is 11.2. The molecule has 1 saturated carbocycles. The van der Waals surface area contributed by atoms with Crippen LogP contribution in [0.1, 0.15) is 45.1 Å². The molecule has 1 aromatic carbocycles. The summed E-state index contributed by atoms with van der Waals surface area (Å²) in [5.74, 6) is 1.10. The lowest BCUT2D eigenvalue weighted by Crippen LogP contribution is -2.24. The molecule has 0 bridgehead atoms. The fraction of sp³-hybridized carbons (Fsp3) is 0.533. The number of hydrogen-bond donors (Lipinski definition) is 1. The number of benzene rings is 1. The van der Waals surface area contributed by atoms with Crippen LogP contribution in [0.15, 0.2) is 22.7 Å². The SMILES string of the molecule is CC(C)(O)c1ccc(OC2CCC(=O)CC2)c(Br)c1. The standard InChI is InChI=1S/C15H19BrO3/c1-15(2,18)10-3-8-14(13(16)9-10)19-12-6-4-11(17)5-7-12/h3,8-9,12,18H,4-7H2,1-2H3. The molecule has 19 heavy (non-hydrogen) atoms. The lowest BCUT2D eigenvalue weighted by molar-refractivity contribution is -0.121. The highest BCUT2D eigenvalue weighted by Crippen LogP contribution is 2.32. The van der Waals surface area contributed by atoms with Crippen molar-refractivity contribution < 1.29 is 14.6 Å². The number of rotatable bonds is 3. The third kappa shape index (κ3) is 3.80. The molecule has 104 valence electrons. The van der Waals surface area contributed by atoms with Gasteiger partial charge in [-0.25, -0.2) is 0 Å². The Morgan fingerprint density at radius 3 is 2.47 bits per heavy atom. The number of carbonyl (C=O) groups excluding carboxylic acids is 1. The van der Waals surface area contributed by atoms with Gasteiger partial charge in [0.1, 0.15) is 11.5 Å². The van der Waals surface area contributed by atoms with Crippen molar-refractivity contribution in [1.29, 1.82) is 0 Å². The lowest BCUT2D eigenvalue weighted by atomic mass is 9.96. The molecule has 3 nitrogen and oxygen atoms in total. The number of ketones is 1. The van der Waals surface area contributed by atoms with Gasteiger partial charge in [0.05, 0.1) is 16.2 Å². The van der Waals surface area contributed by atoms with E-state index in [-0.39, 0.29) is 6.10 Å². The van der Waals surface area contributed by atoms with E-state index in [4.69, 9.17) is 4.74 Å². The van der Waals surface area contributed by atoms with Crippen LogP contribution in [-0.2, 0) is 10.4 Å². The zero-order chi connectivity index (χ0) is 14.0. The fourth-order valence-electron chi connectivity index (χ4n) is 2.19. The van der Waals surface area contributed by atoms with Crippen LogP contribution in [-0.4, -0.2) is 17.0 Å². The van der Waals surface area contributed by atoms with Crippen LogP contribution in [0.2, 0.25) is 0 Å². The first kappa shape index (κ1) is 14.5. The molecule has 0 saturated heterocycles. The van der Waals surface area contributed by atoms with Crippen LogP contribution in [0, 0.1) is 0 Å². The predicted molar refractivity (Wildman–Crippen MR) is 77.3 cm³/mol. The van der Waals surface area contributed by atoms with Crippen LogP contribution < -0.4 is 4.74 Å². The molecule has 0 aliphatic heterocycles. The van der Waals surface area contributed by atoms with Crippen LogP contribution in [0.4, 0.5) is 0 Å². The molecule has 0 radical (unpaired) electrons. The van der Waals surface area contributed by atoms with Crippen molar-refractivity contribution in [2.24, 2.45) is 0 Å². The highest BCUT2D eigenvalue weighted by atomic mass is 79.9. The minimum Gasteiger partial charge on any atom is -0.489 e. The monoisotopic (exact) mass is 326 g/mol. The van der Waals surface area contributed by atoms with Gasteiger partial charge in [-0.15, -0.1) is 0 Å². The molecule has 1 aromatic rings. The van der Waals surface area contributed by atoms with Crippen molar-refractivity contribution >= 4 is 21.7 Å². The minimum atomic E-state index is -0.863. The zero-order valence-corrected chi connectivity index (χ0v) is 12.9. The molecule has 4 heteroatoms. The molecule has 0 heterocycles. The Labute approximate surface area is 122 Å². The summed E-state index contributed by atoms with van der Waals surface area (Å²) in [6.07, 6.45) is 2.92. The normalized spacial score (nSPS) is 17.6. The van der Waals surface area contributed by atoms with Crippen molar-refractivity contribution in [3.63, 3.8) is 0 Å². The van der Waals surface area contributed by atoms with Gasteiger partial charge in [0, 0.05) is 12.8 Å². The second kappa shape index (κ2) is 5.63. The topological polar surface area (TPSA) is 46.5 Å². The summed E-state index contributed by atoms with van der Waals surface area (Å²) in [6, 6.07) is 5.62. The summed E-state index contributed by atoms with van der Waals surface area (Å²) in [6.45, 7) is 3.50. The summed E-state index contributed by atoms with van der Waals surface area (Å²) in [4.78, 5) is 11.2. The van der Waals surface area contributed by atoms with Crippen LogP contribution in [0.25, 0.3) is 0 Å². The number of halogens is 1. The Morgan fingerprint density at radius 2 is 1.95 bits per heavy atom. The average Bonchev–Trinajstić information content (AvgIpc) is 2.33. The quantitative estimate of drug-likeness (QED) is 0.923. The highest BCUT2D eigenvalue weighted by molar-refractivity contribution is 9.10. The summed E-state index contributed by atoms with van der Waals surface area (Å²) >= 11 is 3.48. The zero-order valence-electron chi connectivity index (χ0n) is 11.3. The van der Waals surface area contributed by atoms with Gasteiger partial charge < -0.3 is 9.84 Å². The maximum Gasteiger partial charge on any atom is 0.133 e. The van der Waals surface area contributed by atoms with Crippen molar-refractivity contribution in [3.8, 4) is 5.75 Å². The number of aliphatic hydroxyl groups is 1. The van der Waals surface area contributed by atoms with Crippen LogP contribution in [0.3, 0.4) is 0 Å². The van der Waals surface area contributed by atoms with Gasteiger partial charge in [0.25, 0.3) is 0 Å². The number of Topliss-reactive ketones (excluding diaryl/α,β-unsaturated/α-hetero) is 1. The second-order valence-electron chi connectivity index (χ2n) is 5.56. The van der Waals surface area contributed by atoms with Crippen LogP contribution >= 0.6 is 15.9 Å². The van der Waals surface area contributed by atoms with E-state index >= 15 is 0 Å². The smallest absolute Gasteiger partial charge is 0.133 e. The van der Waals surface area contributed by atoms with Crippen molar-refractivity contribution in [1.82, 2.24) is 0 Å². The number of hydrogen-bond acceptors (Lipinski definition) is 3.